The summed E-state index contributed by atoms with van der Waals surface area (Å²) in [4.78, 5) is 0. The van der Waals surface area contributed by atoms with Crippen LogP contribution >= 0.6 is 0 Å². The number of pyridine rings is 1. The molecule has 0 aliphatic carbocycles. The van der Waals surface area contributed by atoms with E-state index in [4.69, 9.17) is 0 Å². The van der Waals surface area contributed by atoms with Gasteiger partial charge in [0.1, 0.15) is 0 Å². The van der Waals surface area contributed by atoms with Crippen molar-refractivity contribution in [2.75, 3.05) is 0 Å². The minimum Gasteiger partial charge on any atom is -0.193 e. The molecule has 1 aliphatic heterocycles. The Morgan fingerprint density at radius 2 is 1.47 bits per heavy atom. The Morgan fingerprint density at radius 1 is 0.684 bits per heavy atom. The Balaban J connectivity index is 1.84. The van der Waals surface area contributed by atoms with Gasteiger partial charge in [0.2, 0.25) is 5.69 Å². The lowest BCUT2D eigenvalue weighted by molar-refractivity contribution is -0.671. The van der Waals surface area contributed by atoms with Crippen LogP contribution in [0.3, 0.4) is 0 Å². The van der Waals surface area contributed by atoms with Gasteiger partial charge in [0.05, 0.1) is 5.56 Å². The molecule has 0 radical (unpaired) electrons. The summed E-state index contributed by atoms with van der Waals surface area (Å²) in [7, 11) is 0. The number of nitrogens with zero attached hydrogens (tertiary/aromatic N) is 1. The summed E-state index contributed by atoms with van der Waals surface area (Å²) < 4.78 is 2.34. The molecule has 3 aromatic rings. The summed E-state index contributed by atoms with van der Waals surface area (Å²) in [5.41, 5.74) is 6.64. The van der Waals surface area contributed by atoms with Gasteiger partial charge >= 0.3 is 0 Å². The van der Waals surface area contributed by atoms with E-state index in [1.807, 2.05) is 0 Å². The Kier molecular flexibility index (Phi) is 2.25. The molecular weight excluding hydrogens is 230 g/mol. The summed E-state index contributed by atoms with van der Waals surface area (Å²) in [6, 6.07) is 23.6. The maximum Gasteiger partial charge on any atom is 0.213 e. The molecule has 2 aromatic carbocycles. The zero-order valence-corrected chi connectivity index (χ0v) is 10.6. The van der Waals surface area contributed by atoms with Gasteiger partial charge in [-0.3, -0.25) is 0 Å². The maximum atomic E-state index is 2.34. The van der Waals surface area contributed by atoms with Gasteiger partial charge < -0.3 is 0 Å². The van der Waals surface area contributed by atoms with Crippen LogP contribution in [0, 0.1) is 0 Å². The van der Waals surface area contributed by atoms with Gasteiger partial charge in [-0.1, -0.05) is 48.5 Å². The van der Waals surface area contributed by atoms with Crippen LogP contribution in [0.1, 0.15) is 5.56 Å². The fourth-order valence-corrected chi connectivity index (χ4v) is 2.81. The molecule has 0 spiro atoms. The first-order chi connectivity index (χ1) is 9.42. The van der Waals surface area contributed by atoms with Crippen LogP contribution < -0.4 is 4.57 Å². The smallest absolute Gasteiger partial charge is 0.193 e. The first kappa shape index (κ1) is 10.5. The van der Waals surface area contributed by atoms with Gasteiger partial charge in [0.15, 0.2) is 12.7 Å². The Bertz CT molecular complexity index is 745. The van der Waals surface area contributed by atoms with Crippen molar-refractivity contribution < 1.29 is 4.57 Å². The van der Waals surface area contributed by atoms with Crippen molar-refractivity contribution in [1.82, 2.24) is 0 Å². The zero-order chi connectivity index (χ0) is 12.7. The lowest BCUT2D eigenvalue weighted by Crippen LogP contribution is -2.31. The van der Waals surface area contributed by atoms with Crippen LogP contribution in [0.25, 0.3) is 22.4 Å². The lowest BCUT2D eigenvalue weighted by Gasteiger charge is -2.00. The number of aromatic nitrogens is 1. The standard InChI is InChI=1S/C18H14N/c1-2-6-14(7-3-1)15-10-11-18-17-9-5-4-8-16(17)13-19(18)12-15/h1-12H,13H2/q+1. The highest BCUT2D eigenvalue weighted by Gasteiger charge is 2.25. The number of rotatable bonds is 1. The van der Waals surface area contributed by atoms with Crippen molar-refractivity contribution >= 4 is 0 Å². The number of fused-ring (bicyclic) bond motifs is 3. The summed E-state index contributed by atoms with van der Waals surface area (Å²) in [5, 5.41) is 0. The second kappa shape index (κ2) is 4.06. The first-order valence-electron chi connectivity index (χ1n) is 6.59. The van der Waals surface area contributed by atoms with Crippen LogP contribution in [0.2, 0.25) is 0 Å². The van der Waals surface area contributed by atoms with E-state index in [2.05, 4.69) is 77.5 Å². The summed E-state index contributed by atoms with van der Waals surface area (Å²) in [5.74, 6) is 0. The molecular formula is C18H14N+. The minimum atomic E-state index is 0.978. The largest absolute Gasteiger partial charge is 0.213 e. The fourth-order valence-electron chi connectivity index (χ4n) is 2.81. The third kappa shape index (κ3) is 1.66. The average Bonchev–Trinajstić information content (AvgIpc) is 2.86. The van der Waals surface area contributed by atoms with E-state index < -0.39 is 0 Å². The van der Waals surface area contributed by atoms with Crippen LogP contribution in [0.4, 0.5) is 0 Å². The third-order valence-electron chi connectivity index (χ3n) is 3.77. The molecule has 0 bridgehead atoms. The summed E-state index contributed by atoms with van der Waals surface area (Å²) in [6.45, 7) is 0.978. The molecule has 1 nitrogen and oxygen atoms in total. The van der Waals surface area contributed by atoms with E-state index in [9.17, 15) is 0 Å². The maximum absolute atomic E-state index is 2.34. The normalized spacial score (nSPS) is 12.0. The summed E-state index contributed by atoms with van der Waals surface area (Å²) in [6.07, 6.45) is 2.25. The van der Waals surface area contributed by atoms with Crippen LogP contribution in [-0.4, -0.2) is 0 Å². The van der Waals surface area contributed by atoms with E-state index in [1.54, 1.807) is 0 Å². The molecule has 0 atom stereocenters. The van der Waals surface area contributed by atoms with Crippen molar-refractivity contribution in [3.8, 4) is 22.4 Å². The van der Waals surface area contributed by atoms with E-state index in [0.29, 0.717) is 0 Å². The Morgan fingerprint density at radius 3 is 2.37 bits per heavy atom. The molecule has 0 saturated heterocycles. The number of hydrogen-bond donors (Lipinski definition) is 0. The van der Waals surface area contributed by atoms with E-state index in [-0.39, 0.29) is 0 Å². The summed E-state index contributed by atoms with van der Waals surface area (Å²) >= 11 is 0. The van der Waals surface area contributed by atoms with Gasteiger partial charge in [0, 0.05) is 17.2 Å². The van der Waals surface area contributed by atoms with E-state index >= 15 is 0 Å². The third-order valence-corrected chi connectivity index (χ3v) is 3.77. The zero-order valence-electron chi connectivity index (χ0n) is 10.6. The quantitative estimate of drug-likeness (QED) is 0.450. The molecule has 1 aromatic heterocycles. The van der Waals surface area contributed by atoms with Crippen molar-refractivity contribution in [3.05, 3.63) is 78.5 Å². The number of hydrogen-bond acceptors (Lipinski definition) is 0. The van der Waals surface area contributed by atoms with Crippen molar-refractivity contribution in [2.24, 2.45) is 0 Å². The highest BCUT2D eigenvalue weighted by atomic mass is 15.0. The molecule has 19 heavy (non-hydrogen) atoms. The first-order valence-corrected chi connectivity index (χ1v) is 6.59. The predicted octanol–water partition coefficient (Wildman–Crippen LogP) is 3.67. The van der Waals surface area contributed by atoms with E-state index in [1.165, 1.54) is 27.9 Å². The van der Waals surface area contributed by atoms with Crippen LogP contribution in [-0.2, 0) is 6.54 Å². The molecule has 1 heteroatoms. The predicted molar refractivity (Wildman–Crippen MR) is 76.6 cm³/mol. The molecule has 0 amide bonds. The Hall–Kier alpha value is -2.41. The van der Waals surface area contributed by atoms with Gasteiger partial charge in [-0.05, 0) is 17.7 Å². The van der Waals surface area contributed by atoms with Gasteiger partial charge in [-0.25, -0.2) is 0 Å². The second-order valence-corrected chi connectivity index (χ2v) is 4.95. The van der Waals surface area contributed by atoms with Gasteiger partial charge in [0.25, 0.3) is 0 Å². The molecule has 0 unspecified atom stereocenters. The van der Waals surface area contributed by atoms with Crippen LogP contribution in [0.5, 0.6) is 0 Å². The minimum absolute atomic E-state index is 0.978. The van der Waals surface area contributed by atoms with Crippen molar-refractivity contribution in [3.63, 3.8) is 0 Å². The highest BCUT2D eigenvalue weighted by molar-refractivity contribution is 5.67. The molecule has 90 valence electrons. The molecule has 0 fully saturated rings. The molecule has 1 aliphatic rings. The highest BCUT2D eigenvalue weighted by Crippen LogP contribution is 2.28. The lowest BCUT2D eigenvalue weighted by atomic mass is 10.1. The Labute approximate surface area is 112 Å². The monoisotopic (exact) mass is 244 g/mol. The van der Waals surface area contributed by atoms with Gasteiger partial charge in [-0.15, -0.1) is 0 Å². The van der Waals surface area contributed by atoms with E-state index in [0.717, 1.165) is 6.54 Å². The average molecular weight is 244 g/mol. The van der Waals surface area contributed by atoms with Crippen molar-refractivity contribution in [1.29, 1.82) is 0 Å². The van der Waals surface area contributed by atoms with Crippen LogP contribution in [0.15, 0.2) is 72.9 Å². The SMILES string of the molecule is c1ccc(-c2ccc3[n+](c2)Cc2ccccc2-3)cc1. The molecule has 0 N–H and O–H groups in total. The molecule has 2 heterocycles. The van der Waals surface area contributed by atoms with Gasteiger partial charge in [-0.2, -0.15) is 4.57 Å². The second-order valence-electron chi connectivity index (χ2n) is 4.95. The topological polar surface area (TPSA) is 3.88 Å². The molecule has 4 rings (SSSR count). The fraction of sp³-hybridized carbons (Fsp3) is 0.0556. The molecule has 0 saturated carbocycles. The number of benzene rings is 2. The van der Waals surface area contributed by atoms with Crippen molar-refractivity contribution in [2.45, 2.75) is 6.54 Å².